The summed E-state index contributed by atoms with van der Waals surface area (Å²) in [5.41, 5.74) is 2.66. The zero-order valence-corrected chi connectivity index (χ0v) is 13.5. The Morgan fingerprint density at radius 2 is 1.85 bits per heavy atom. The molecule has 0 saturated heterocycles. The summed E-state index contributed by atoms with van der Waals surface area (Å²) in [6, 6.07) is 11.0. The second kappa shape index (κ2) is 6.91. The first kappa shape index (κ1) is 15.1. The van der Waals surface area contributed by atoms with Crippen LogP contribution >= 0.6 is 11.3 Å². The molecule has 2 nitrogen and oxygen atoms in total. The van der Waals surface area contributed by atoms with E-state index < -0.39 is 0 Å². The Bertz CT molecular complexity index is 545. The quantitative estimate of drug-likeness (QED) is 0.847. The number of hydrogen-bond donors (Lipinski definition) is 1. The molecular weight excluding hydrogens is 266 g/mol. The SMILES string of the molecule is CCNC(c1ccc(OCC)cc1)c1sc(C)cc1C. The summed E-state index contributed by atoms with van der Waals surface area (Å²) >= 11 is 1.88. The minimum atomic E-state index is 0.273. The van der Waals surface area contributed by atoms with Crippen LogP contribution in [0.25, 0.3) is 0 Å². The van der Waals surface area contributed by atoms with Crippen molar-refractivity contribution in [1.29, 1.82) is 0 Å². The smallest absolute Gasteiger partial charge is 0.119 e. The zero-order chi connectivity index (χ0) is 14.5. The fourth-order valence-corrected chi connectivity index (χ4v) is 3.57. The highest BCUT2D eigenvalue weighted by atomic mass is 32.1. The van der Waals surface area contributed by atoms with Crippen LogP contribution in [0.2, 0.25) is 0 Å². The molecule has 1 N–H and O–H groups in total. The number of hydrogen-bond acceptors (Lipinski definition) is 3. The molecule has 0 aliphatic carbocycles. The van der Waals surface area contributed by atoms with E-state index in [0.29, 0.717) is 6.61 Å². The van der Waals surface area contributed by atoms with Crippen LogP contribution < -0.4 is 10.1 Å². The molecule has 0 radical (unpaired) electrons. The predicted octanol–water partition coefficient (Wildman–Crippen LogP) is 4.46. The average molecular weight is 289 g/mol. The minimum absolute atomic E-state index is 0.273. The molecule has 1 aromatic carbocycles. The molecule has 0 aliphatic rings. The van der Waals surface area contributed by atoms with Gasteiger partial charge in [0.1, 0.15) is 5.75 Å². The minimum Gasteiger partial charge on any atom is -0.494 e. The molecule has 0 aliphatic heterocycles. The number of ether oxygens (including phenoxy) is 1. The Balaban J connectivity index is 2.30. The van der Waals surface area contributed by atoms with E-state index in [2.05, 4.69) is 56.4 Å². The van der Waals surface area contributed by atoms with Crippen LogP contribution in [0, 0.1) is 13.8 Å². The highest BCUT2D eigenvalue weighted by Gasteiger charge is 2.17. The van der Waals surface area contributed by atoms with Gasteiger partial charge in [-0.2, -0.15) is 0 Å². The number of rotatable bonds is 6. The molecule has 0 saturated carbocycles. The molecule has 2 rings (SSSR count). The van der Waals surface area contributed by atoms with Crippen LogP contribution in [0.3, 0.4) is 0 Å². The standard InChI is InChI=1S/C17H23NOS/c1-5-18-16(17-12(3)11-13(4)20-17)14-7-9-15(10-8-14)19-6-2/h7-11,16,18H,5-6H2,1-4H3. The van der Waals surface area contributed by atoms with Gasteiger partial charge in [0.15, 0.2) is 0 Å². The number of benzene rings is 1. The third kappa shape index (κ3) is 3.41. The summed E-state index contributed by atoms with van der Waals surface area (Å²) in [4.78, 5) is 2.78. The summed E-state index contributed by atoms with van der Waals surface area (Å²) in [5.74, 6) is 0.936. The van der Waals surface area contributed by atoms with Crippen LogP contribution in [-0.2, 0) is 0 Å². The lowest BCUT2D eigenvalue weighted by molar-refractivity contribution is 0.340. The molecular formula is C17H23NOS. The molecule has 3 heteroatoms. The maximum absolute atomic E-state index is 5.52. The third-order valence-corrected chi connectivity index (χ3v) is 4.49. The van der Waals surface area contributed by atoms with Gasteiger partial charge in [0.2, 0.25) is 0 Å². The van der Waals surface area contributed by atoms with Crippen LogP contribution in [0.15, 0.2) is 30.3 Å². The Hall–Kier alpha value is -1.32. The monoisotopic (exact) mass is 289 g/mol. The van der Waals surface area contributed by atoms with E-state index in [1.807, 2.05) is 18.3 Å². The van der Waals surface area contributed by atoms with Gasteiger partial charge in [-0.05, 0) is 56.6 Å². The summed E-state index contributed by atoms with van der Waals surface area (Å²) in [6.45, 7) is 10.2. The Morgan fingerprint density at radius 3 is 2.35 bits per heavy atom. The van der Waals surface area contributed by atoms with E-state index in [9.17, 15) is 0 Å². The maximum Gasteiger partial charge on any atom is 0.119 e. The fourth-order valence-electron chi connectivity index (χ4n) is 2.44. The third-order valence-electron chi connectivity index (χ3n) is 3.27. The summed E-state index contributed by atoms with van der Waals surface area (Å²) in [7, 11) is 0. The van der Waals surface area contributed by atoms with Crippen LogP contribution in [0.5, 0.6) is 5.75 Å². The number of thiophene rings is 1. The van der Waals surface area contributed by atoms with E-state index in [1.54, 1.807) is 0 Å². The molecule has 2 aromatic rings. The lowest BCUT2D eigenvalue weighted by atomic mass is 10.0. The largest absolute Gasteiger partial charge is 0.494 e. The Morgan fingerprint density at radius 1 is 1.15 bits per heavy atom. The first-order valence-corrected chi connectivity index (χ1v) is 8.00. The van der Waals surface area contributed by atoms with Gasteiger partial charge in [0.25, 0.3) is 0 Å². The van der Waals surface area contributed by atoms with Gasteiger partial charge in [0, 0.05) is 9.75 Å². The molecule has 1 aromatic heterocycles. The van der Waals surface area contributed by atoms with Crippen molar-refractivity contribution in [3.63, 3.8) is 0 Å². The van der Waals surface area contributed by atoms with Gasteiger partial charge in [-0.3, -0.25) is 0 Å². The lowest BCUT2D eigenvalue weighted by Crippen LogP contribution is -2.21. The summed E-state index contributed by atoms with van der Waals surface area (Å²) < 4.78 is 5.52. The molecule has 1 atom stereocenters. The predicted molar refractivity (Wildman–Crippen MR) is 86.9 cm³/mol. The van der Waals surface area contributed by atoms with Gasteiger partial charge in [-0.25, -0.2) is 0 Å². The molecule has 1 heterocycles. The second-order valence-electron chi connectivity index (χ2n) is 4.90. The Kier molecular flexibility index (Phi) is 5.21. The summed E-state index contributed by atoms with van der Waals surface area (Å²) in [5, 5.41) is 3.59. The van der Waals surface area contributed by atoms with Gasteiger partial charge >= 0.3 is 0 Å². The van der Waals surface area contributed by atoms with Crippen molar-refractivity contribution >= 4 is 11.3 Å². The highest BCUT2D eigenvalue weighted by molar-refractivity contribution is 7.12. The molecule has 0 amide bonds. The van der Waals surface area contributed by atoms with Crippen molar-refractivity contribution in [3.8, 4) is 5.75 Å². The van der Waals surface area contributed by atoms with Crippen LogP contribution in [0.1, 0.15) is 40.8 Å². The van der Waals surface area contributed by atoms with E-state index >= 15 is 0 Å². The average Bonchev–Trinajstić information content (AvgIpc) is 2.76. The maximum atomic E-state index is 5.52. The van der Waals surface area contributed by atoms with Crippen molar-refractivity contribution in [2.24, 2.45) is 0 Å². The zero-order valence-electron chi connectivity index (χ0n) is 12.7. The second-order valence-corrected chi connectivity index (χ2v) is 6.18. The molecule has 0 fully saturated rings. The van der Waals surface area contributed by atoms with E-state index in [1.165, 1.54) is 20.9 Å². The lowest BCUT2D eigenvalue weighted by Gasteiger charge is -2.18. The molecule has 108 valence electrons. The van der Waals surface area contributed by atoms with Crippen molar-refractivity contribution in [2.75, 3.05) is 13.2 Å². The van der Waals surface area contributed by atoms with Crippen molar-refractivity contribution in [2.45, 2.75) is 33.7 Å². The van der Waals surface area contributed by atoms with E-state index in [-0.39, 0.29) is 6.04 Å². The first-order valence-electron chi connectivity index (χ1n) is 7.18. The topological polar surface area (TPSA) is 21.3 Å². The number of aryl methyl sites for hydroxylation is 2. The number of nitrogens with one attached hydrogen (secondary N) is 1. The van der Waals surface area contributed by atoms with Crippen molar-refractivity contribution < 1.29 is 4.74 Å². The molecule has 20 heavy (non-hydrogen) atoms. The summed E-state index contributed by atoms with van der Waals surface area (Å²) in [6.07, 6.45) is 0. The molecule has 1 unspecified atom stereocenters. The van der Waals surface area contributed by atoms with Crippen molar-refractivity contribution in [1.82, 2.24) is 5.32 Å². The van der Waals surface area contributed by atoms with Gasteiger partial charge in [-0.1, -0.05) is 19.1 Å². The van der Waals surface area contributed by atoms with E-state index in [0.717, 1.165) is 12.3 Å². The van der Waals surface area contributed by atoms with Crippen LogP contribution in [-0.4, -0.2) is 13.2 Å². The van der Waals surface area contributed by atoms with Gasteiger partial charge in [-0.15, -0.1) is 11.3 Å². The first-order chi connectivity index (χ1) is 9.65. The fraction of sp³-hybridized carbons (Fsp3) is 0.412. The molecule has 0 bridgehead atoms. The highest BCUT2D eigenvalue weighted by Crippen LogP contribution is 2.32. The van der Waals surface area contributed by atoms with Crippen molar-refractivity contribution in [3.05, 3.63) is 51.2 Å². The molecule has 0 spiro atoms. The van der Waals surface area contributed by atoms with Crippen LogP contribution in [0.4, 0.5) is 0 Å². The van der Waals surface area contributed by atoms with E-state index in [4.69, 9.17) is 4.74 Å². The normalized spacial score (nSPS) is 12.4. The van der Waals surface area contributed by atoms with Gasteiger partial charge in [0.05, 0.1) is 12.6 Å². The van der Waals surface area contributed by atoms with Gasteiger partial charge < -0.3 is 10.1 Å². The Labute approximate surface area is 125 Å².